The molecule has 0 aromatic heterocycles. The molecule has 6 nitrogen and oxygen atoms in total. The van der Waals surface area contributed by atoms with Gasteiger partial charge < -0.3 is 10.2 Å². The molecule has 1 saturated heterocycles. The van der Waals surface area contributed by atoms with E-state index in [0.29, 0.717) is 11.1 Å². The Bertz CT molecular complexity index is 622. The minimum absolute atomic E-state index is 0.0548. The number of amides is 1. The van der Waals surface area contributed by atoms with Gasteiger partial charge in [0.15, 0.2) is 0 Å². The van der Waals surface area contributed by atoms with Gasteiger partial charge in [-0.15, -0.1) is 0 Å². The Morgan fingerprint density at radius 3 is 2.65 bits per heavy atom. The molecule has 1 aliphatic heterocycles. The summed E-state index contributed by atoms with van der Waals surface area (Å²) in [5, 5.41) is 8.32. The van der Waals surface area contributed by atoms with E-state index in [1.165, 1.54) is 12.1 Å². The van der Waals surface area contributed by atoms with Crippen molar-refractivity contribution in [3.05, 3.63) is 29.3 Å². The van der Waals surface area contributed by atoms with E-state index in [0.717, 1.165) is 19.5 Å². The van der Waals surface area contributed by atoms with Crippen molar-refractivity contribution < 1.29 is 13.2 Å². The predicted molar refractivity (Wildman–Crippen MR) is 75.9 cm³/mol. The van der Waals surface area contributed by atoms with Crippen molar-refractivity contribution in [2.75, 3.05) is 20.1 Å². The topological polar surface area (TPSA) is 92.5 Å². The molecule has 7 heteroatoms. The number of carbonyl (C=O) groups is 1. The van der Waals surface area contributed by atoms with Gasteiger partial charge in [0.1, 0.15) is 0 Å². The first kappa shape index (κ1) is 15.0. The molecule has 3 N–H and O–H groups in total. The molecule has 0 spiro atoms. The summed E-state index contributed by atoms with van der Waals surface area (Å²) in [5.74, 6) is -0.109. The number of nitrogens with two attached hydrogens (primary N) is 1. The lowest BCUT2D eigenvalue weighted by Gasteiger charge is -2.24. The van der Waals surface area contributed by atoms with Gasteiger partial charge in [0, 0.05) is 25.2 Å². The molecule has 0 saturated carbocycles. The Hall–Kier alpha value is -1.44. The van der Waals surface area contributed by atoms with Gasteiger partial charge in [-0.1, -0.05) is 0 Å². The summed E-state index contributed by atoms with van der Waals surface area (Å²) in [5.41, 5.74) is 0.959. The van der Waals surface area contributed by atoms with E-state index in [-0.39, 0.29) is 16.8 Å². The first-order chi connectivity index (χ1) is 9.30. The Morgan fingerprint density at radius 1 is 1.45 bits per heavy atom. The van der Waals surface area contributed by atoms with Crippen LogP contribution in [0.3, 0.4) is 0 Å². The first-order valence-electron chi connectivity index (χ1n) is 6.42. The highest BCUT2D eigenvalue weighted by Crippen LogP contribution is 2.18. The van der Waals surface area contributed by atoms with Crippen LogP contribution in [0, 0.1) is 6.92 Å². The van der Waals surface area contributed by atoms with E-state index >= 15 is 0 Å². The van der Waals surface area contributed by atoms with Gasteiger partial charge in [-0.3, -0.25) is 4.79 Å². The van der Waals surface area contributed by atoms with Crippen molar-refractivity contribution in [3.8, 4) is 0 Å². The van der Waals surface area contributed by atoms with Crippen LogP contribution in [-0.2, 0) is 10.0 Å². The summed E-state index contributed by atoms with van der Waals surface area (Å²) in [6, 6.07) is 4.65. The van der Waals surface area contributed by atoms with Crippen molar-refractivity contribution in [1.82, 2.24) is 10.2 Å². The van der Waals surface area contributed by atoms with E-state index in [1.807, 2.05) is 0 Å². The lowest BCUT2D eigenvalue weighted by molar-refractivity contribution is 0.0743. The molecule has 1 amide bonds. The molecule has 1 aliphatic rings. The van der Waals surface area contributed by atoms with Crippen LogP contribution in [0.5, 0.6) is 0 Å². The Morgan fingerprint density at radius 2 is 2.15 bits per heavy atom. The number of primary sulfonamides is 1. The van der Waals surface area contributed by atoms with Crippen molar-refractivity contribution in [3.63, 3.8) is 0 Å². The maximum Gasteiger partial charge on any atom is 0.253 e. The molecule has 1 atom stereocenters. The molecule has 1 fully saturated rings. The standard InChI is InChI=1S/C13H19N3O3S/c1-9-7-10(3-4-12(9)20(14,18)19)13(17)16(2)11-5-6-15-8-11/h3-4,7,11,15H,5-6,8H2,1-2H3,(H2,14,18,19)/t11-/m1/s1. The van der Waals surface area contributed by atoms with Crippen LogP contribution in [0.4, 0.5) is 0 Å². The molecule has 1 aromatic rings. The number of rotatable bonds is 3. The number of nitrogens with zero attached hydrogens (tertiary/aromatic N) is 1. The zero-order valence-electron chi connectivity index (χ0n) is 11.6. The van der Waals surface area contributed by atoms with Crippen LogP contribution in [0.1, 0.15) is 22.3 Å². The molecular weight excluding hydrogens is 278 g/mol. The molecule has 1 aromatic carbocycles. The Kier molecular flexibility index (Phi) is 4.12. The van der Waals surface area contributed by atoms with Crippen molar-refractivity contribution in [2.45, 2.75) is 24.3 Å². The average Bonchev–Trinajstić information content (AvgIpc) is 2.89. The van der Waals surface area contributed by atoms with Crippen LogP contribution in [0.15, 0.2) is 23.1 Å². The van der Waals surface area contributed by atoms with Gasteiger partial charge in [0.2, 0.25) is 10.0 Å². The van der Waals surface area contributed by atoms with Crippen LogP contribution < -0.4 is 10.5 Å². The quantitative estimate of drug-likeness (QED) is 0.826. The van der Waals surface area contributed by atoms with Crippen LogP contribution in [0.25, 0.3) is 0 Å². The SMILES string of the molecule is Cc1cc(C(=O)N(C)[C@@H]2CCNC2)ccc1S(N)(=O)=O. The van der Waals surface area contributed by atoms with Gasteiger partial charge >= 0.3 is 0 Å². The van der Waals surface area contributed by atoms with Crippen LogP contribution >= 0.6 is 0 Å². The summed E-state index contributed by atoms with van der Waals surface area (Å²) in [4.78, 5) is 14.1. The first-order valence-corrected chi connectivity index (χ1v) is 7.96. The van der Waals surface area contributed by atoms with Crippen molar-refractivity contribution >= 4 is 15.9 Å². The summed E-state index contributed by atoms with van der Waals surface area (Å²) in [7, 11) is -1.98. The number of carbonyl (C=O) groups excluding carboxylic acids is 1. The second kappa shape index (κ2) is 5.51. The highest BCUT2D eigenvalue weighted by molar-refractivity contribution is 7.89. The highest BCUT2D eigenvalue weighted by atomic mass is 32.2. The number of hydrogen-bond donors (Lipinski definition) is 2. The molecule has 0 radical (unpaired) electrons. The second-order valence-electron chi connectivity index (χ2n) is 5.09. The average molecular weight is 297 g/mol. The Labute approximate surface area is 119 Å². The Balaban J connectivity index is 2.25. The third-order valence-electron chi connectivity index (χ3n) is 3.63. The fourth-order valence-electron chi connectivity index (χ4n) is 2.44. The van der Waals surface area contributed by atoms with E-state index in [9.17, 15) is 13.2 Å². The largest absolute Gasteiger partial charge is 0.337 e. The third-order valence-corrected chi connectivity index (χ3v) is 4.70. The highest BCUT2D eigenvalue weighted by Gasteiger charge is 2.24. The van der Waals surface area contributed by atoms with Gasteiger partial charge in [-0.2, -0.15) is 0 Å². The van der Waals surface area contributed by atoms with Gasteiger partial charge in [-0.25, -0.2) is 13.6 Å². The third kappa shape index (κ3) is 3.00. The molecule has 110 valence electrons. The van der Waals surface area contributed by atoms with E-state index in [2.05, 4.69) is 5.32 Å². The number of aryl methyl sites for hydroxylation is 1. The lowest BCUT2D eigenvalue weighted by atomic mass is 10.1. The molecule has 0 bridgehead atoms. The van der Waals surface area contributed by atoms with E-state index < -0.39 is 10.0 Å². The fraction of sp³-hybridized carbons (Fsp3) is 0.462. The lowest BCUT2D eigenvalue weighted by Crippen LogP contribution is -2.38. The van der Waals surface area contributed by atoms with Crippen molar-refractivity contribution in [2.24, 2.45) is 5.14 Å². The summed E-state index contributed by atoms with van der Waals surface area (Å²) < 4.78 is 22.7. The molecule has 0 unspecified atom stereocenters. The summed E-state index contributed by atoms with van der Waals surface area (Å²) in [6.07, 6.45) is 0.927. The molecular formula is C13H19N3O3S. The number of hydrogen-bond acceptors (Lipinski definition) is 4. The maximum absolute atomic E-state index is 12.4. The van der Waals surface area contributed by atoms with E-state index in [1.54, 1.807) is 24.9 Å². The predicted octanol–water partition coefficient (Wildman–Crippen LogP) is 0.0763. The number of sulfonamides is 1. The van der Waals surface area contributed by atoms with Crippen LogP contribution in [-0.4, -0.2) is 45.4 Å². The molecule has 2 rings (SSSR count). The van der Waals surface area contributed by atoms with E-state index in [4.69, 9.17) is 5.14 Å². The zero-order valence-corrected chi connectivity index (χ0v) is 12.4. The van der Waals surface area contributed by atoms with Gasteiger partial charge in [0.25, 0.3) is 5.91 Å². The monoisotopic (exact) mass is 297 g/mol. The second-order valence-corrected chi connectivity index (χ2v) is 6.62. The summed E-state index contributed by atoms with van der Waals surface area (Å²) in [6.45, 7) is 3.33. The fourth-order valence-corrected chi connectivity index (χ4v) is 3.21. The van der Waals surface area contributed by atoms with Crippen molar-refractivity contribution in [1.29, 1.82) is 0 Å². The minimum atomic E-state index is -3.75. The minimum Gasteiger partial charge on any atom is -0.337 e. The van der Waals surface area contributed by atoms with Gasteiger partial charge in [-0.05, 0) is 43.7 Å². The van der Waals surface area contributed by atoms with Gasteiger partial charge in [0.05, 0.1) is 4.90 Å². The maximum atomic E-state index is 12.4. The molecule has 0 aliphatic carbocycles. The smallest absolute Gasteiger partial charge is 0.253 e. The summed E-state index contributed by atoms with van der Waals surface area (Å²) >= 11 is 0. The number of likely N-dealkylation sites (N-methyl/N-ethyl adjacent to an activating group) is 1. The molecule has 1 heterocycles. The number of nitrogens with one attached hydrogen (secondary N) is 1. The van der Waals surface area contributed by atoms with Crippen LogP contribution in [0.2, 0.25) is 0 Å². The zero-order chi connectivity index (χ0) is 14.9. The molecule has 20 heavy (non-hydrogen) atoms. The normalized spacial score (nSPS) is 19.1. The number of benzene rings is 1.